The molecule has 20 heavy (non-hydrogen) atoms. The van der Waals surface area contributed by atoms with Crippen LogP contribution in [0.1, 0.15) is 5.56 Å². The molecule has 0 bridgehead atoms. The van der Waals surface area contributed by atoms with E-state index in [4.69, 9.17) is 4.74 Å². The SMILES string of the molecule is C[N+]1(C)CCOC(O)(c2ccc3ccccc3c2)C1.[Br-]. The van der Waals surface area contributed by atoms with Gasteiger partial charge in [0.05, 0.1) is 20.7 Å². The van der Waals surface area contributed by atoms with Gasteiger partial charge in [-0.25, -0.2) is 0 Å². The number of hydrogen-bond donors (Lipinski definition) is 1. The first-order valence-electron chi connectivity index (χ1n) is 6.66. The van der Waals surface area contributed by atoms with Crippen molar-refractivity contribution in [2.75, 3.05) is 33.8 Å². The molecule has 1 saturated heterocycles. The predicted molar refractivity (Wildman–Crippen MR) is 75.6 cm³/mol. The van der Waals surface area contributed by atoms with E-state index < -0.39 is 5.79 Å². The second-order valence-corrected chi connectivity index (χ2v) is 6.01. The van der Waals surface area contributed by atoms with Crippen molar-refractivity contribution in [2.45, 2.75) is 5.79 Å². The van der Waals surface area contributed by atoms with Crippen LogP contribution in [-0.4, -0.2) is 43.4 Å². The van der Waals surface area contributed by atoms with Crippen LogP contribution in [-0.2, 0) is 10.5 Å². The van der Waals surface area contributed by atoms with Crippen molar-refractivity contribution >= 4 is 10.8 Å². The van der Waals surface area contributed by atoms with Crippen LogP contribution in [0.15, 0.2) is 42.5 Å². The molecule has 0 amide bonds. The van der Waals surface area contributed by atoms with Crippen molar-refractivity contribution in [2.24, 2.45) is 0 Å². The van der Waals surface area contributed by atoms with E-state index in [0.717, 1.165) is 22.0 Å². The summed E-state index contributed by atoms with van der Waals surface area (Å²) in [7, 11) is 4.24. The Balaban J connectivity index is 0.00000147. The van der Waals surface area contributed by atoms with Gasteiger partial charge in [0.25, 0.3) is 0 Å². The zero-order valence-corrected chi connectivity index (χ0v) is 13.4. The van der Waals surface area contributed by atoms with Crippen LogP contribution in [0.5, 0.6) is 0 Å². The van der Waals surface area contributed by atoms with Crippen molar-refractivity contribution in [3.8, 4) is 0 Å². The highest BCUT2D eigenvalue weighted by molar-refractivity contribution is 5.83. The molecule has 1 aliphatic heterocycles. The molecule has 0 saturated carbocycles. The molecule has 1 heterocycles. The highest BCUT2D eigenvalue weighted by Crippen LogP contribution is 2.31. The maximum absolute atomic E-state index is 10.8. The number of morpholine rings is 1. The van der Waals surface area contributed by atoms with E-state index in [1.807, 2.05) is 30.3 Å². The summed E-state index contributed by atoms with van der Waals surface area (Å²) in [5.74, 6) is -1.17. The first kappa shape index (κ1) is 15.4. The lowest BCUT2D eigenvalue weighted by Gasteiger charge is -2.42. The zero-order valence-electron chi connectivity index (χ0n) is 11.8. The Morgan fingerprint density at radius 3 is 2.50 bits per heavy atom. The fraction of sp³-hybridized carbons (Fsp3) is 0.375. The van der Waals surface area contributed by atoms with Crippen LogP contribution in [0.3, 0.4) is 0 Å². The second kappa shape index (κ2) is 5.45. The molecule has 2 aromatic rings. The number of rotatable bonds is 1. The van der Waals surface area contributed by atoms with Gasteiger partial charge in [0.15, 0.2) is 0 Å². The summed E-state index contributed by atoms with van der Waals surface area (Å²) >= 11 is 0. The van der Waals surface area contributed by atoms with Gasteiger partial charge >= 0.3 is 0 Å². The normalized spacial score (nSPS) is 25.1. The summed E-state index contributed by atoms with van der Waals surface area (Å²) in [6.07, 6.45) is 0. The molecule has 0 radical (unpaired) electrons. The Bertz CT molecular complexity index is 614. The van der Waals surface area contributed by atoms with Crippen molar-refractivity contribution < 1.29 is 31.3 Å². The standard InChI is InChI=1S/C16H20NO2.BrH/c1-17(2)9-10-19-16(18,12-17)15-8-7-13-5-3-4-6-14(13)11-15;/h3-8,11,18H,9-10,12H2,1-2H3;1H/q+1;/p-1. The van der Waals surface area contributed by atoms with Gasteiger partial charge in [-0.2, -0.15) is 0 Å². The van der Waals surface area contributed by atoms with Gasteiger partial charge in [0.2, 0.25) is 5.79 Å². The van der Waals surface area contributed by atoms with E-state index in [9.17, 15) is 5.11 Å². The number of fused-ring (bicyclic) bond motifs is 1. The van der Waals surface area contributed by atoms with Crippen molar-refractivity contribution in [1.29, 1.82) is 0 Å². The van der Waals surface area contributed by atoms with Crippen LogP contribution < -0.4 is 17.0 Å². The topological polar surface area (TPSA) is 29.5 Å². The number of ether oxygens (including phenoxy) is 1. The zero-order chi connectivity index (χ0) is 13.5. The maximum atomic E-state index is 10.8. The highest BCUT2D eigenvalue weighted by atomic mass is 79.9. The number of halogens is 1. The first-order chi connectivity index (χ1) is 8.99. The van der Waals surface area contributed by atoms with Gasteiger partial charge in [0.1, 0.15) is 13.1 Å². The number of quaternary nitrogens is 1. The lowest BCUT2D eigenvalue weighted by molar-refractivity contribution is -0.912. The number of likely N-dealkylation sites (N-methyl/N-ethyl adjacent to an activating group) is 1. The van der Waals surface area contributed by atoms with Crippen LogP contribution in [0.2, 0.25) is 0 Å². The third-order valence-corrected chi connectivity index (χ3v) is 3.88. The van der Waals surface area contributed by atoms with Gasteiger partial charge in [-0.3, -0.25) is 0 Å². The lowest BCUT2D eigenvalue weighted by atomic mass is 9.99. The van der Waals surface area contributed by atoms with Gasteiger partial charge in [-0.1, -0.05) is 36.4 Å². The predicted octanol–water partition coefficient (Wildman–Crippen LogP) is -0.904. The summed E-state index contributed by atoms with van der Waals surface area (Å²) in [6, 6.07) is 14.2. The smallest absolute Gasteiger partial charge is 0.243 e. The molecule has 0 aliphatic carbocycles. The summed E-state index contributed by atoms with van der Waals surface area (Å²) in [5, 5.41) is 13.1. The summed E-state index contributed by atoms with van der Waals surface area (Å²) in [6.45, 7) is 2.08. The second-order valence-electron chi connectivity index (χ2n) is 6.01. The lowest BCUT2D eigenvalue weighted by Crippen LogP contribution is -3.00. The molecule has 1 N–H and O–H groups in total. The number of benzene rings is 2. The minimum Gasteiger partial charge on any atom is -1.00 e. The van der Waals surface area contributed by atoms with E-state index in [2.05, 4.69) is 26.2 Å². The summed E-state index contributed by atoms with van der Waals surface area (Å²) < 4.78 is 6.44. The molecule has 1 aliphatic rings. The van der Waals surface area contributed by atoms with E-state index >= 15 is 0 Å². The average Bonchev–Trinajstić information content (AvgIpc) is 2.36. The molecule has 1 unspecified atom stereocenters. The van der Waals surface area contributed by atoms with Crippen LogP contribution in [0.4, 0.5) is 0 Å². The molecule has 0 spiro atoms. The van der Waals surface area contributed by atoms with Crippen LogP contribution >= 0.6 is 0 Å². The molecule has 3 nitrogen and oxygen atoms in total. The minimum absolute atomic E-state index is 0. The number of nitrogens with zero attached hydrogens (tertiary/aromatic N) is 1. The first-order valence-corrected chi connectivity index (χ1v) is 6.66. The Labute approximate surface area is 130 Å². The Hall–Kier alpha value is -0.940. The third-order valence-electron chi connectivity index (χ3n) is 3.88. The fourth-order valence-corrected chi connectivity index (χ4v) is 2.77. The number of hydrogen-bond acceptors (Lipinski definition) is 2. The molecular formula is C16H20BrNO2. The third kappa shape index (κ3) is 2.88. The maximum Gasteiger partial charge on any atom is 0.243 e. The van der Waals surface area contributed by atoms with Crippen molar-refractivity contribution in [1.82, 2.24) is 0 Å². The van der Waals surface area contributed by atoms with Crippen molar-refractivity contribution in [3.05, 3.63) is 48.0 Å². The Morgan fingerprint density at radius 1 is 1.10 bits per heavy atom. The molecule has 1 atom stereocenters. The van der Waals surface area contributed by atoms with E-state index in [-0.39, 0.29) is 17.0 Å². The largest absolute Gasteiger partial charge is 1.00 e. The van der Waals surface area contributed by atoms with E-state index in [1.165, 1.54) is 5.39 Å². The molecule has 108 valence electrons. The van der Waals surface area contributed by atoms with Crippen LogP contribution in [0.25, 0.3) is 10.8 Å². The minimum atomic E-state index is -1.17. The van der Waals surface area contributed by atoms with E-state index in [0.29, 0.717) is 13.2 Å². The number of aliphatic hydroxyl groups is 1. The Kier molecular flexibility index (Phi) is 4.21. The molecule has 1 fully saturated rings. The molecular weight excluding hydrogens is 318 g/mol. The fourth-order valence-electron chi connectivity index (χ4n) is 2.77. The van der Waals surface area contributed by atoms with Gasteiger partial charge in [-0.05, 0) is 16.8 Å². The molecule has 0 aromatic heterocycles. The quantitative estimate of drug-likeness (QED) is 0.683. The van der Waals surface area contributed by atoms with Crippen molar-refractivity contribution in [3.63, 3.8) is 0 Å². The van der Waals surface area contributed by atoms with Gasteiger partial charge in [0, 0.05) is 5.56 Å². The molecule has 2 aromatic carbocycles. The van der Waals surface area contributed by atoms with Gasteiger partial charge < -0.3 is 31.3 Å². The summed E-state index contributed by atoms with van der Waals surface area (Å²) in [4.78, 5) is 0. The molecule has 3 rings (SSSR count). The monoisotopic (exact) mass is 337 g/mol. The highest BCUT2D eigenvalue weighted by Gasteiger charge is 2.42. The van der Waals surface area contributed by atoms with Crippen LogP contribution in [0, 0.1) is 0 Å². The van der Waals surface area contributed by atoms with E-state index in [1.54, 1.807) is 0 Å². The average molecular weight is 338 g/mol. The van der Waals surface area contributed by atoms with Gasteiger partial charge in [-0.15, -0.1) is 0 Å². The molecule has 4 heteroatoms. The Morgan fingerprint density at radius 2 is 1.80 bits per heavy atom. The summed E-state index contributed by atoms with van der Waals surface area (Å²) in [5.41, 5.74) is 0.845.